The Morgan fingerprint density at radius 1 is 1.02 bits per heavy atom. The molecule has 10 nitrogen and oxygen atoms in total. The van der Waals surface area contributed by atoms with Crippen molar-refractivity contribution >= 4 is 29.4 Å². The van der Waals surface area contributed by atoms with Gasteiger partial charge >= 0.3 is 0 Å². The number of Topliss-reactive ketones (excluding diaryl/α,β-unsaturated/α-hetero) is 1. The zero-order valence-electron chi connectivity index (χ0n) is 24.1. The highest BCUT2D eigenvalue weighted by Gasteiger charge is 2.43. The molecule has 0 saturated carbocycles. The lowest BCUT2D eigenvalue weighted by atomic mass is 9.94. The summed E-state index contributed by atoms with van der Waals surface area (Å²) in [6, 6.07) is 6.88. The molecule has 0 spiro atoms. The van der Waals surface area contributed by atoms with E-state index in [0.29, 0.717) is 45.1 Å². The second-order valence-electron chi connectivity index (χ2n) is 11.7. The van der Waals surface area contributed by atoms with Crippen LogP contribution in [0.5, 0.6) is 0 Å². The minimum atomic E-state index is -1.38. The molecular formula is C30H44N4O6. The Balaban J connectivity index is 1.80. The van der Waals surface area contributed by atoms with Gasteiger partial charge in [-0.15, -0.1) is 0 Å². The summed E-state index contributed by atoms with van der Waals surface area (Å²) in [5, 5.41) is 18.4. The number of carbonyl (C=O) groups is 5. The van der Waals surface area contributed by atoms with Gasteiger partial charge in [-0.25, -0.2) is 0 Å². The highest BCUT2D eigenvalue weighted by atomic mass is 16.3. The minimum Gasteiger partial charge on any atom is -0.383 e. The van der Waals surface area contributed by atoms with Gasteiger partial charge in [-0.1, -0.05) is 50.1 Å². The van der Waals surface area contributed by atoms with Crippen molar-refractivity contribution in [3.63, 3.8) is 0 Å². The van der Waals surface area contributed by atoms with Crippen molar-refractivity contribution in [2.75, 3.05) is 6.54 Å². The Hall–Kier alpha value is -3.27. The number of amides is 4. The quantitative estimate of drug-likeness (QED) is 0.323. The molecule has 1 aromatic carbocycles. The normalized spacial score (nSPS) is 26.2. The summed E-state index contributed by atoms with van der Waals surface area (Å²) < 4.78 is 0. The summed E-state index contributed by atoms with van der Waals surface area (Å²) in [7, 11) is 0. The zero-order chi connectivity index (χ0) is 29.5. The molecule has 220 valence electrons. The number of aliphatic hydroxyl groups is 1. The Bertz CT molecular complexity index is 1090. The van der Waals surface area contributed by atoms with Crippen molar-refractivity contribution in [3.8, 4) is 0 Å². The first kappa shape index (κ1) is 31.3. The van der Waals surface area contributed by atoms with E-state index >= 15 is 0 Å². The molecule has 0 bridgehead atoms. The predicted molar refractivity (Wildman–Crippen MR) is 150 cm³/mol. The highest BCUT2D eigenvalue weighted by Crippen LogP contribution is 2.22. The van der Waals surface area contributed by atoms with Gasteiger partial charge in [0.1, 0.15) is 29.3 Å². The van der Waals surface area contributed by atoms with Gasteiger partial charge in [-0.05, 0) is 58.4 Å². The molecule has 2 fully saturated rings. The van der Waals surface area contributed by atoms with E-state index in [1.807, 2.05) is 30.3 Å². The van der Waals surface area contributed by atoms with Crippen LogP contribution in [0.2, 0.25) is 0 Å². The van der Waals surface area contributed by atoms with Gasteiger partial charge < -0.3 is 26.0 Å². The third-order valence-corrected chi connectivity index (χ3v) is 8.04. The number of carbonyl (C=O) groups excluding carboxylic acids is 5. The summed E-state index contributed by atoms with van der Waals surface area (Å²) in [4.78, 5) is 67.7. The Kier molecular flexibility index (Phi) is 10.5. The molecule has 4 amide bonds. The average Bonchev–Trinajstić information content (AvgIpc) is 3.40. The number of hydrogen-bond acceptors (Lipinski definition) is 6. The fourth-order valence-corrected chi connectivity index (χ4v) is 5.19. The molecule has 2 heterocycles. The fraction of sp³-hybridized carbons (Fsp3) is 0.633. The maximum absolute atomic E-state index is 13.8. The van der Waals surface area contributed by atoms with Crippen LogP contribution in [0.4, 0.5) is 0 Å². The third-order valence-electron chi connectivity index (χ3n) is 8.04. The summed E-state index contributed by atoms with van der Waals surface area (Å²) in [5.74, 6) is -1.86. The first-order valence-electron chi connectivity index (χ1n) is 14.4. The summed E-state index contributed by atoms with van der Waals surface area (Å²) >= 11 is 0. The van der Waals surface area contributed by atoms with E-state index in [1.54, 1.807) is 13.8 Å². The van der Waals surface area contributed by atoms with Gasteiger partial charge in [-0.2, -0.15) is 0 Å². The molecule has 4 atom stereocenters. The fourth-order valence-electron chi connectivity index (χ4n) is 5.19. The van der Waals surface area contributed by atoms with Crippen LogP contribution in [-0.4, -0.2) is 75.2 Å². The van der Waals surface area contributed by atoms with Crippen molar-refractivity contribution in [2.24, 2.45) is 0 Å². The van der Waals surface area contributed by atoms with E-state index in [0.717, 1.165) is 5.56 Å². The van der Waals surface area contributed by atoms with Gasteiger partial charge in [0, 0.05) is 19.4 Å². The number of nitrogens with zero attached hydrogens (tertiary/aromatic N) is 1. The molecule has 2 saturated heterocycles. The maximum atomic E-state index is 13.8. The van der Waals surface area contributed by atoms with E-state index in [2.05, 4.69) is 16.0 Å². The van der Waals surface area contributed by atoms with Crippen LogP contribution in [0.25, 0.3) is 0 Å². The molecule has 2 aliphatic rings. The van der Waals surface area contributed by atoms with E-state index in [1.165, 1.54) is 18.7 Å². The first-order valence-corrected chi connectivity index (χ1v) is 14.4. The van der Waals surface area contributed by atoms with Crippen LogP contribution >= 0.6 is 0 Å². The molecule has 0 radical (unpaired) electrons. The van der Waals surface area contributed by atoms with E-state index in [4.69, 9.17) is 0 Å². The number of rotatable bonds is 10. The SMILES string of the molecule is CC[C@]1(C)NC(=O)[C@H](CCCCCC(=O)C(C)(C)O)NC(=O)[C@H]2CCCN2C(=O)[C@H](Cc2ccccc2)NC1=O. The molecule has 1 aromatic rings. The topological polar surface area (TPSA) is 145 Å². The maximum Gasteiger partial charge on any atom is 0.246 e. The van der Waals surface area contributed by atoms with E-state index < -0.39 is 41.1 Å². The van der Waals surface area contributed by atoms with Gasteiger partial charge in [0.25, 0.3) is 0 Å². The average molecular weight is 557 g/mol. The van der Waals surface area contributed by atoms with Crippen LogP contribution < -0.4 is 16.0 Å². The molecule has 3 rings (SSSR count). The van der Waals surface area contributed by atoms with Gasteiger partial charge in [0.05, 0.1) is 0 Å². The van der Waals surface area contributed by atoms with Crippen molar-refractivity contribution in [2.45, 2.75) is 115 Å². The van der Waals surface area contributed by atoms with Crippen molar-refractivity contribution < 1.29 is 29.1 Å². The molecule has 10 heteroatoms. The van der Waals surface area contributed by atoms with Crippen molar-refractivity contribution in [1.82, 2.24) is 20.9 Å². The van der Waals surface area contributed by atoms with Gasteiger partial charge in [0.2, 0.25) is 23.6 Å². The molecule has 0 aromatic heterocycles. The predicted octanol–water partition coefficient (Wildman–Crippen LogP) is 1.78. The number of ketones is 1. The number of hydrogen-bond donors (Lipinski definition) is 4. The van der Waals surface area contributed by atoms with E-state index in [9.17, 15) is 29.1 Å². The van der Waals surface area contributed by atoms with Crippen LogP contribution in [0, 0.1) is 0 Å². The van der Waals surface area contributed by atoms with Crippen molar-refractivity contribution in [1.29, 1.82) is 0 Å². The molecular weight excluding hydrogens is 512 g/mol. The largest absolute Gasteiger partial charge is 0.383 e. The van der Waals surface area contributed by atoms with Crippen LogP contribution in [0.15, 0.2) is 30.3 Å². The lowest BCUT2D eigenvalue weighted by Crippen LogP contribution is -2.65. The molecule has 2 aliphatic heterocycles. The molecule has 0 unspecified atom stereocenters. The van der Waals surface area contributed by atoms with E-state index in [-0.39, 0.29) is 36.9 Å². The second kappa shape index (κ2) is 13.4. The third kappa shape index (κ3) is 7.90. The number of nitrogens with one attached hydrogen (secondary N) is 3. The highest BCUT2D eigenvalue weighted by molar-refractivity contribution is 5.99. The van der Waals surface area contributed by atoms with Gasteiger partial charge in [-0.3, -0.25) is 24.0 Å². The number of benzene rings is 1. The minimum absolute atomic E-state index is 0.226. The van der Waals surface area contributed by atoms with Crippen LogP contribution in [0.1, 0.15) is 84.6 Å². The molecule has 0 aliphatic carbocycles. The summed E-state index contributed by atoms with van der Waals surface area (Å²) in [6.07, 6.45) is 3.94. The van der Waals surface area contributed by atoms with Crippen LogP contribution in [0.3, 0.4) is 0 Å². The molecule has 4 N–H and O–H groups in total. The zero-order valence-corrected chi connectivity index (χ0v) is 24.1. The van der Waals surface area contributed by atoms with Gasteiger partial charge in [0.15, 0.2) is 5.78 Å². The number of unbranched alkanes of at least 4 members (excludes halogenated alkanes) is 2. The van der Waals surface area contributed by atoms with Crippen molar-refractivity contribution in [3.05, 3.63) is 35.9 Å². The molecule has 40 heavy (non-hydrogen) atoms. The summed E-state index contributed by atoms with van der Waals surface area (Å²) in [6.45, 7) is 6.72. The Labute approximate surface area is 236 Å². The second-order valence-corrected chi connectivity index (χ2v) is 11.7. The van der Waals surface area contributed by atoms with Crippen LogP contribution in [-0.2, 0) is 30.4 Å². The Morgan fingerprint density at radius 3 is 2.38 bits per heavy atom. The smallest absolute Gasteiger partial charge is 0.246 e. The lowest BCUT2D eigenvalue weighted by Gasteiger charge is -2.36. The Morgan fingerprint density at radius 2 is 1.73 bits per heavy atom. The first-order chi connectivity index (χ1) is 18.9. The monoisotopic (exact) mass is 556 g/mol. The lowest BCUT2D eigenvalue weighted by molar-refractivity contribution is -0.144. The number of fused-ring (bicyclic) bond motifs is 1. The standard InChI is InChI=1S/C30H44N4O6/c1-5-30(4)28(39)32-22(19-20-13-8-6-9-14-20)27(38)34-18-12-16-23(34)26(37)31-21(25(36)33-30)15-10-7-11-17-24(35)29(2,3)40/h6,8-9,13-14,21-23,40H,5,7,10-12,15-19H2,1-4H3,(H,31,37)(H,32,39)(H,33,36)/t21-,22-,23+,30-/m0/s1. The summed E-state index contributed by atoms with van der Waals surface area (Å²) in [5.41, 5.74) is -1.80.